The van der Waals surface area contributed by atoms with Crippen LogP contribution in [0.5, 0.6) is 0 Å². The van der Waals surface area contributed by atoms with E-state index in [0.29, 0.717) is 0 Å². The Morgan fingerprint density at radius 1 is 0.720 bits per heavy atom. The molecule has 3 heteroatoms. The molecule has 0 aliphatic rings. The molecule has 0 N–H and O–H groups in total. The fourth-order valence-corrected chi connectivity index (χ4v) is 3.54. The molecule has 3 aromatic carbocycles. The molecule has 0 fully saturated rings. The van der Waals surface area contributed by atoms with Gasteiger partial charge in [0, 0.05) is 21.2 Å². The van der Waals surface area contributed by atoms with Crippen molar-refractivity contribution < 1.29 is 4.79 Å². The lowest BCUT2D eigenvalue weighted by atomic mass is 10.0. The lowest BCUT2D eigenvalue weighted by Gasteiger charge is -2.09. The van der Waals surface area contributed by atoms with E-state index in [-0.39, 0.29) is 5.12 Å². The van der Waals surface area contributed by atoms with Crippen molar-refractivity contribution in [3.63, 3.8) is 0 Å². The quantitative estimate of drug-likeness (QED) is 0.313. The Morgan fingerprint density at radius 2 is 1.20 bits per heavy atom. The van der Waals surface area contributed by atoms with Crippen molar-refractivity contribution in [2.45, 2.75) is 18.7 Å². The van der Waals surface area contributed by atoms with Gasteiger partial charge in [-0.1, -0.05) is 68.4 Å². The Bertz CT molecular complexity index is 958. The minimum Gasteiger partial charge on any atom is -0.281 e. The topological polar surface area (TPSA) is 30.0 Å². The highest BCUT2D eigenvalue weighted by molar-refractivity contribution is 8.14. The van der Waals surface area contributed by atoms with Crippen molar-refractivity contribution in [3.8, 4) is 0 Å². The van der Waals surface area contributed by atoms with Crippen molar-refractivity contribution in [2.75, 3.05) is 0 Å². The molecule has 0 amide bonds. The van der Waals surface area contributed by atoms with E-state index in [1.807, 2.05) is 92.7 Å². The van der Waals surface area contributed by atoms with Crippen LogP contribution in [0.3, 0.4) is 0 Å². The third kappa shape index (κ3) is 3.57. The number of pyridine rings is 1. The molecule has 25 heavy (non-hydrogen) atoms. The van der Waals surface area contributed by atoms with Gasteiger partial charge in [0.2, 0.25) is 5.12 Å². The molecule has 0 unspecified atom stereocenters. The van der Waals surface area contributed by atoms with Gasteiger partial charge in [0.1, 0.15) is 0 Å². The number of rotatable bonds is 2. The number of hydrogen-bond donors (Lipinski definition) is 0. The molecular formula is C22H19NOS. The summed E-state index contributed by atoms with van der Waals surface area (Å²) in [4.78, 5) is 18.6. The van der Waals surface area contributed by atoms with Crippen molar-refractivity contribution in [1.82, 2.24) is 4.98 Å². The van der Waals surface area contributed by atoms with E-state index in [1.54, 1.807) is 0 Å². The first kappa shape index (κ1) is 17.2. The van der Waals surface area contributed by atoms with Crippen LogP contribution in [0.25, 0.3) is 21.8 Å². The molecule has 0 radical (unpaired) electrons. The second kappa shape index (κ2) is 7.95. The molecule has 4 aromatic rings. The lowest BCUT2D eigenvalue weighted by molar-refractivity contribution is 0.109. The molecule has 2 nitrogen and oxygen atoms in total. The third-order valence-corrected chi connectivity index (χ3v) is 4.64. The smallest absolute Gasteiger partial charge is 0.225 e. The summed E-state index contributed by atoms with van der Waals surface area (Å²) < 4.78 is 0. The van der Waals surface area contributed by atoms with Gasteiger partial charge in [-0.05, 0) is 36.0 Å². The number of fused-ring (bicyclic) bond motifs is 2. The van der Waals surface area contributed by atoms with Gasteiger partial charge in [-0.25, -0.2) is 4.98 Å². The zero-order chi connectivity index (χ0) is 17.6. The number of thioether (sulfide) groups is 1. The summed E-state index contributed by atoms with van der Waals surface area (Å²) in [6.07, 6.45) is 0. The zero-order valence-corrected chi connectivity index (χ0v) is 15.1. The number of para-hydroxylation sites is 2. The number of aromatic nitrogens is 1. The van der Waals surface area contributed by atoms with Crippen LogP contribution < -0.4 is 0 Å². The molecule has 1 aromatic heterocycles. The molecular weight excluding hydrogens is 326 g/mol. The second-order valence-electron chi connectivity index (χ2n) is 5.22. The monoisotopic (exact) mass is 345 g/mol. The van der Waals surface area contributed by atoms with Crippen LogP contribution >= 0.6 is 11.8 Å². The predicted molar refractivity (Wildman–Crippen MR) is 107 cm³/mol. The van der Waals surface area contributed by atoms with Crippen molar-refractivity contribution in [2.24, 2.45) is 0 Å². The van der Waals surface area contributed by atoms with Gasteiger partial charge in [-0.15, -0.1) is 0 Å². The SMILES string of the molecule is CC.O=C(Sc1ccccc1)c1c2ccccc2nc2ccccc12. The molecule has 0 bridgehead atoms. The number of benzene rings is 3. The number of hydrogen-bond acceptors (Lipinski definition) is 3. The molecule has 0 atom stereocenters. The number of carbonyl (C=O) groups is 1. The molecule has 4 rings (SSSR count). The summed E-state index contributed by atoms with van der Waals surface area (Å²) in [5, 5.41) is 1.85. The standard InChI is InChI=1S/C20H13NOS.C2H6/c22-20(23-14-8-2-1-3-9-14)19-15-10-4-6-12-17(15)21-18-13-7-5-11-16(18)19;1-2/h1-13H;1-2H3. The summed E-state index contributed by atoms with van der Waals surface area (Å²) in [5.74, 6) is 0. The van der Waals surface area contributed by atoms with E-state index in [4.69, 9.17) is 0 Å². The lowest BCUT2D eigenvalue weighted by Crippen LogP contribution is -1.98. The third-order valence-electron chi connectivity index (χ3n) is 3.75. The molecule has 0 aliphatic heterocycles. The van der Waals surface area contributed by atoms with Gasteiger partial charge in [0.25, 0.3) is 0 Å². The van der Waals surface area contributed by atoms with E-state index in [1.165, 1.54) is 11.8 Å². The first-order valence-corrected chi connectivity index (χ1v) is 9.19. The maximum atomic E-state index is 13.0. The normalized spacial score (nSPS) is 10.3. The summed E-state index contributed by atoms with van der Waals surface area (Å²) in [7, 11) is 0. The Labute approximate surface area is 151 Å². The highest BCUT2D eigenvalue weighted by atomic mass is 32.2. The van der Waals surface area contributed by atoms with Crippen LogP contribution in [-0.4, -0.2) is 10.1 Å². The van der Waals surface area contributed by atoms with Gasteiger partial charge in [0.15, 0.2) is 0 Å². The van der Waals surface area contributed by atoms with Crippen LogP contribution in [0.1, 0.15) is 24.2 Å². The maximum Gasteiger partial charge on any atom is 0.225 e. The fraction of sp³-hybridized carbons (Fsp3) is 0.0909. The highest BCUT2D eigenvalue weighted by Gasteiger charge is 2.16. The van der Waals surface area contributed by atoms with Gasteiger partial charge < -0.3 is 0 Å². The average molecular weight is 345 g/mol. The molecule has 0 aliphatic carbocycles. The van der Waals surface area contributed by atoms with Crippen molar-refractivity contribution in [1.29, 1.82) is 0 Å². The van der Waals surface area contributed by atoms with E-state index >= 15 is 0 Å². The number of nitrogens with zero attached hydrogens (tertiary/aromatic N) is 1. The first-order chi connectivity index (χ1) is 12.3. The predicted octanol–water partition coefficient (Wildman–Crippen LogP) is 6.35. The van der Waals surface area contributed by atoms with Gasteiger partial charge in [-0.3, -0.25) is 4.79 Å². The highest BCUT2D eigenvalue weighted by Crippen LogP contribution is 2.31. The van der Waals surface area contributed by atoms with Gasteiger partial charge in [0.05, 0.1) is 11.0 Å². The number of carbonyl (C=O) groups excluding carboxylic acids is 1. The Kier molecular flexibility index (Phi) is 5.46. The Hall–Kier alpha value is -2.65. The second-order valence-corrected chi connectivity index (χ2v) is 6.27. The zero-order valence-electron chi connectivity index (χ0n) is 14.3. The average Bonchev–Trinajstić information content (AvgIpc) is 2.68. The Balaban J connectivity index is 0.000000880. The first-order valence-electron chi connectivity index (χ1n) is 8.37. The summed E-state index contributed by atoms with van der Waals surface area (Å²) in [6.45, 7) is 4.00. The van der Waals surface area contributed by atoms with E-state index in [2.05, 4.69) is 4.98 Å². The molecule has 0 saturated carbocycles. The molecule has 0 spiro atoms. The molecule has 1 heterocycles. The van der Waals surface area contributed by atoms with Crippen molar-refractivity contribution in [3.05, 3.63) is 84.4 Å². The van der Waals surface area contributed by atoms with Crippen LogP contribution in [0.4, 0.5) is 0 Å². The minimum absolute atomic E-state index is 0.0472. The minimum atomic E-state index is 0.0472. The Morgan fingerprint density at radius 3 is 1.76 bits per heavy atom. The van der Waals surface area contributed by atoms with E-state index < -0.39 is 0 Å². The van der Waals surface area contributed by atoms with E-state index in [9.17, 15) is 4.79 Å². The molecule has 124 valence electrons. The summed E-state index contributed by atoms with van der Waals surface area (Å²) in [6, 6.07) is 25.4. The fourth-order valence-electron chi connectivity index (χ4n) is 2.71. The largest absolute Gasteiger partial charge is 0.281 e. The summed E-state index contributed by atoms with van der Waals surface area (Å²) >= 11 is 1.26. The van der Waals surface area contributed by atoms with Crippen LogP contribution in [0.15, 0.2) is 83.8 Å². The summed E-state index contributed by atoms with van der Waals surface area (Å²) in [5.41, 5.74) is 2.44. The van der Waals surface area contributed by atoms with Crippen LogP contribution in [-0.2, 0) is 0 Å². The van der Waals surface area contributed by atoms with Crippen LogP contribution in [0.2, 0.25) is 0 Å². The molecule has 0 saturated heterocycles. The van der Waals surface area contributed by atoms with Gasteiger partial charge >= 0.3 is 0 Å². The van der Waals surface area contributed by atoms with Crippen molar-refractivity contribution >= 4 is 38.7 Å². The van der Waals surface area contributed by atoms with E-state index in [0.717, 1.165) is 32.3 Å². The van der Waals surface area contributed by atoms with Gasteiger partial charge in [-0.2, -0.15) is 0 Å². The van der Waals surface area contributed by atoms with Crippen LogP contribution in [0, 0.1) is 0 Å². The maximum absolute atomic E-state index is 13.0.